The van der Waals surface area contributed by atoms with E-state index in [-0.39, 0.29) is 23.3 Å². The highest BCUT2D eigenvalue weighted by molar-refractivity contribution is 5.88. The predicted octanol–water partition coefficient (Wildman–Crippen LogP) is 4.38. The highest BCUT2D eigenvalue weighted by atomic mass is 19.4. The van der Waals surface area contributed by atoms with Gasteiger partial charge in [0.15, 0.2) is 17.1 Å². The number of methoxy groups -OCH3 is 3. The molecule has 0 amide bonds. The van der Waals surface area contributed by atoms with Crippen LogP contribution in [0.4, 0.5) is 24.8 Å². The zero-order valence-corrected chi connectivity index (χ0v) is 19.0. The number of nitrogens with zero attached hydrogens (tertiary/aromatic N) is 6. The number of halogens is 3. The first kappa shape index (κ1) is 23.1. The zero-order chi connectivity index (χ0) is 24.6. The van der Waals surface area contributed by atoms with Crippen molar-refractivity contribution in [2.45, 2.75) is 26.1 Å². The lowest BCUT2D eigenvalue weighted by atomic mass is 10.2. The molecule has 0 atom stereocenters. The van der Waals surface area contributed by atoms with Crippen molar-refractivity contribution in [3.05, 3.63) is 36.7 Å². The molecule has 10 nitrogen and oxygen atoms in total. The number of ether oxygens (including phenoxy) is 3. The third kappa shape index (κ3) is 4.16. The van der Waals surface area contributed by atoms with Crippen LogP contribution in [0.5, 0.6) is 17.2 Å². The fourth-order valence-electron chi connectivity index (χ4n) is 3.39. The van der Waals surface area contributed by atoms with Crippen LogP contribution in [0.3, 0.4) is 0 Å². The van der Waals surface area contributed by atoms with Gasteiger partial charge in [-0.1, -0.05) is 0 Å². The Hall–Kier alpha value is -4.03. The van der Waals surface area contributed by atoms with Crippen molar-refractivity contribution in [2.24, 2.45) is 0 Å². The van der Waals surface area contributed by atoms with Gasteiger partial charge in [-0.2, -0.15) is 18.3 Å². The second-order valence-corrected chi connectivity index (χ2v) is 7.49. The average molecular weight is 477 g/mol. The number of rotatable bonds is 7. The fraction of sp³-hybridized carbons (Fsp3) is 0.333. The summed E-state index contributed by atoms with van der Waals surface area (Å²) in [5.74, 6) is 0.243. The second-order valence-electron chi connectivity index (χ2n) is 7.49. The highest BCUT2D eigenvalue weighted by Crippen LogP contribution is 2.39. The first-order chi connectivity index (χ1) is 16.2. The van der Waals surface area contributed by atoms with Crippen LogP contribution >= 0.6 is 0 Å². The van der Waals surface area contributed by atoms with Crippen LogP contribution in [0.15, 0.2) is 30.9 Å². The Labute approximate surface area is 192 Å². The number of benzene rings is 1. The molecular formula is C21H22F3N7O3. The summed E-state index contributed by atoms with van der Waals surface area (Å²) >= 11 is 0. The summed E-state index contributed by atoms with van der Waals surface area (Å²) in [6.07, 6.45) is -0.224. The predicted molar refractivity (Wildman–Crippen MR) is 117 cm³/mol. The Morgan fingerprint density at radius 3 is 2.24 bits per heavy atom. The van der Waals surface area contributed by atoms with Crippen LogP contribution in [0, 0.1) is 0 Å². The van der Waals surface area contributed by atoms with Crippen LogP contribution in [0.25, 0.3) is 16.7 Å². The topological polar surface area (TPSA) is 101 Å². The zero-order valence-electron chi connectivity index (χ0n) is 19.0. The number of aromatic nitrogens is 6. The summed E-state index contributed by atoms with van der Waals surface area (Å²) in [6.45, 7) is 3.60. The first-order valence-corrected chi connectivity index (χ1v) is 10.1. The molecule has 0 saturated carbocycles. The van der Waals surface area contributed by atoms with E-state index in [9.17, 15) is 13.2 Å². The van der Waals surface area contributed by atoms with Gasteiger partial charge in [-0.15, -0.1) is 0 Å². The van der Waals surface area contributed by atoms with E-state index >= 15 is 0 Å². The van der Waals surface area contributed by atoms with E-state index in [4.69, 9.17) is 14.2 Å². The molecule has 3 aromatic heterocycles. The molecule has 0 saturated heterocycles. The monoisotopic (exact) mass is 477 g/mol. The minimum Gasteiger partial charge on any atom is -0.493 e. The number of imidazole rings is 1. The molecule has 0 aliphatic heterocycles. The summed E-state index contributed by atoms with van der Waals surface area (Å²) in [6, 6.07) is 3.23. The van der Waals surface area contributed by atoms with Crippen LogP contribution in [-0.2, 0) is 6.18 Å². The van der Waals surface area contributed by atoms with E-state index < -0.39 is 12.0 Å². The van der Waals surface area contributed by atoms with Gasteiger partial charge in [0.25, 0.3) is 0 Å². The van der Waals surface area contributed by atoms with E-state index in [1.807, 2.05) is 0 Å². The molecule has 0 aliphatic rings. The van der Waals surface area contributed by atoms with Crippen molar-refractivity contribution >= 4 is 22.7 Å². The number of nitrogens with one attached hydrogen (secondary N) is 1. The van der Waals surface area contributed by atoms with Crippen molar-refractivity contribution in [3.63, 3.8) is 0 Å². The SMILES string of the molecule is COc1cc(-n2cnc(Nc3nc(C(F)(F)F)nc4c3cnn4C(C)C)c2)cc(OC)c1OC. The maximum absolute atomic E-state index is 13.5. The van der Waals surface area contributed by atoms with E-state index in [2.05, 4.69) is 25.4 Å². The van der Waals surface area contributed by atoms with Gasteiger partial charge in [-0.3, -0.25) is 0 Å². The molecule has 0 aliphatic carbocycles. The lowest BCUT2D eigenvalue weighted by Gasteiger charge is -2.14. The molecule has 34 heavy (non-hydrogen) atoms. The van der Waals surface area contributed by atoms with Gasteiger partial charge in [-0.05, 0) is 13.8 Å². The Bertz CT molecular complexity index is 1310. The number of hydrogen-bond donors (Lipinski definition) is 1. The van der Waals surface area contributed by atoms with Crippen molar-refractivity contribution in [3.8, 4) is 22.9 Å². The van der Waals surface area contributed by atoms with Crippen LogP contribution in [0.1, 0.15) is 25.7 Å². The maximum Gasteiger partial charge on any atom is 0.451 e. The largest absolute Gasteiger partial charge is 0.493 e. The summed E-state index contributed by atoms with van der Waals surface area (Å²) in [7, 11) is 4.49. The number of hydrogen-bond acceptors (Lipinski definition) is 8. The standard InChI is InChI=1S/C21H22F3N7O3/c1-11(2)31-19-13(8-26-31)18(28-20(29-19)21(22,23)24)27-16-9-30(10-25-16)12-6-14(32-3)17(34-5)15(7-12)33-4/h6-11H,1-5H3,(H,27,28,29). The van der Waals surface area contributed by atoms with Crippen LogP contribution < -0.4 is 19.5 Å². The van der Waals surface area contributed by atoms with Crippen molar-refractivity contribution in [2.75, 3.05) is 26.6 Å². The first-order valence-electron chi connectivity index (χ1n) is 10.1. The Morgan fingerprint density at radius 2 is 1.68 bits per heavy atom. The lowest BCUT2D eigenvalue weighted by molar-refractivity contribution is -0.144. The molecule has 4 rings (SSSR count). The minimum absolute atomic E-state index is 0.0561. The van der Waals surface area contributed by atoms with E-state index in [0.29, 0.717) is 28.3 Å². The third-order valence-electron chi connectivity index (χ3n) is 4.97. The molecule has 1 aromatic carbocycles. The molecule has 0 radical (unpaired) electrons. The molecule has 4 aromatic rings. The minimum atomic E-state index is -4.73. The fourth-order valence-corrected chi connectivity index (χ4v) is 3.39. The van der Waals surface area contributed by atoms with E-state index in [1.54, 1.807) is 36.7 Å². The van der Waals surface area contributed by atoms with Crippen LogP contribution in [-0.4, -0.2) is 50.6 Å². The molecule has 180 valence electrons. The molecule has 13 heteroatoms. The van der Waals surface area contributed by atoms with E-state index in [1.165, 1.54) is 38.5 Å². The molecular weight excluding hydrogens is 455 g/mol. The third-order valence-corrected chi connectivity index (χ3v) is 4.97. The summed E-state index contributed by atoms with van der Waals surface area (Å²) in [5, 5.41) is 7.36. The number of anilines is 2. The Kier molecular flexibility index (Phi) is 5.94. The van der Waals surface area contributed by atoms with Crippen LogP contribution in [0.2, 0.25) is 0 Å². The van der Waals surface area contributed by atoms with Gasteiger partial charge in [0.2, 0.25) is 11.6 Å². The number of fused-ring (bicyclic) bond motifs is 1. The summed E-state index contributed by atoms with van der Waals surface area (Å²) in [4.78, 5) is 11.6. The van der Waals surface area contributed by atoms with Gasteiger partial charge >= 0.3 is 6.18 Å². The van der Waals surface area contributed by atoms with Crippen molar-refractivity contribution in [1.29, 1.82) is 0 Å². The maximum atomic E-state index is 13.5. The summed E-state index contributed by atoms with van der Waals surface area (Å²) in [5.41, 5.74) is 0.704. The van der Waals surface area contributed by atoms with Gasteiger partial charge in [-0.25, -0.2) is 19.6 Å². The van der Waals surface area contributed by atoms with Crippen molar-refractivity contribution in [1.82, 2.24) is 29.3 Å². The van der Waals surface area contributed by atoms with Gasteiger partial charge in [0.05, 0.1) is 44.8 Å². The molecule has 0 bridgehead atoms. The molecule has 3 heterocycles. The van der Waals surface area contributed by atoms with E-state index in [0.717, 1.165) is 0 Å². The summed E-state index contributed by atoms with van der Waals surface area (Å²) < 4.78 is 59.5. The van der Waals surface area contributed by atoms with Gasteiger partial charge < -0.3 is 24.1 Å². The normalized spacial score (nSPS) is 11.8. The average Bonchev–Trinajstić information content (AvgIpc) is 3.44. The highest BCUT2D eigenvalue weighted by Gasteiger charge is 2.36. The lowest BCUT2D eigenvalue weighted by Crippen LogP contribution is -2.14. The van der Waals surface area contributed by atoms with Crippen molar-refractivity contribution < 1.29 is 27.4 Å². The molecule has 0 spiro atoms. The Morgan fingerprint density at radius 1 is 1.00 bits per heavy atom. The molecule has 0 fully saturated rings. The smallest absolute Gasteiger partial charge is 0.451 e. The number of alkyl halides is 3. The molecule has 0 unspecified atom stereocenters. The van der Waals surface area contributed by atoms with Gasteiger partial charge in [0, 0.05) is 18.2 Å². The molecule has 1 N–H and O–H groups in total. The second kappa shape index (κ2) is 8.72. The Balaban J connectivity index is 1.75. The van der Waals surface area contributed by atoms with Gasteiger partial charge in [0.1, 0.15) is 18.0 Å². The quantitative estimate of drug-likeness (QED) is 0.419.